The molecule has 1 fully saturated rings. The third-order valence-electron chi connectivity index (χ3n) is 4.76. The van der Waals surface area contributed by atoms with Gasteiger partial charge in [0.05, 0.1) is 12.7 Å². The Morgan fingerprint density at radius 3 is 2.45 bits per heavy atom. The number of hydrogen-bond donors (Lipinski definition) is 1. The first-order valence-electron chi connectivity index (χ1n) is 7.86. The molecule has 0 heterocycles. The zero-order valence-corrected chi connectivity index (χ0v) is 13.1. The van der Waals surface area contributed by atoms with E-state index >= 15 is 0 Å². The van der Waals surface area contributed by atoms with Crippen molar-refractivity contribution in [3.8, 4) is 0 Å². The Balaban J connectivity index is 1.95. The second kappa shape index (κ2) is 6.73. The maximum atomic E-state index is 6.22. The second-order valence-electron chi connectivity index (χ2n) is 7.21. The second-order valence-corrected chi connectivity index (χ2v) is 7.21. The third-order valence-corrected chi connectivity index (χ3v) is 4.76. The Morgan fingerprint density at radius 1 is 1.15 bits per heavy atom. The molecular weight excluding hydrogens is 246 g/mol. The van der Waals surface area contributed by atoms with Crippen LogP contribution in [0.25, 0.3) is 0 Å². The molecule has 1 saturated carbocycles. The molecule has 1 aliphatic carbocycles. The molecule has 0 spiro atoms. The van der Waals surface area contributed by atoms with E-state index in [0.29, 0.717) is 24.0 Å². The lowest BCUT2D eigenvalue weighted by atomic mass is 9.68. The Kier molecular flexibility index (Phi) is 5.22. The van der Waals surface area contributed by atoms with E-state index in [1.807, 2.05) is 6.07 Å². The summed E-state index contributed by atoms with van der Waals surface area (Å²) in [5, 5.41) is 0. The van der Waals surface area contributed by atoms with Gasteiger partial charge in [-0.15, -0.1) is 0 Å². The minimum Gasteiger partial charge on any atom is -0.373 e. The van der Waals surface area contributed by atoms with Crippen LogP contribution in [0.4, 0.5) is 0 Å². The molecule has 0 radical (unpaired) electrons. The smallest absolute Gasteiger partial charge is 0.0720 e. The topological polar surface area (TPSA) is 35.2 Å². The van der Waals surface area contributed by atoms with Crippen LogP contribution in [0.2, 0.25) is 0 Å². The van der Waals surface area contributed by atoms with Gasteiger partial charge in [-0.1, -0.05) is 51.1 Å². The highest BCUT2D eigenvalue weighted by Gasteiger charge is 2.35. The van der Waals surface area contributed by atoms with Gasteiger partial charge in [-0.05, 0) is 48.6 Å². The lowest BCUT2D eigenvalue weighted by Crippen LogP contribution is -2.39. The SMILES string of the molecule is CC(C)(C)C1CCC(CN)C(OCc2ccccc2)C1. The lowest BCUT2D eigenvalue weighted by Gasteiger charge is -2.41. The Morgan fingerprint density at radius 2 is 1.85 bits per heavy atom. The minimum atomic E-state index is 0.318. The van der Waals surface area contributed by atoms with E-state index in [1.54, 1.807) is 0 Å². The summed E-state index contributed by atoms with van der Waals surface area (Å²) in [6.45, 7) is 8.48. The Bertz CT molecular complexity index is 396. The molecule has 0 aliphatic heterocycles. The van der Waals surface area contributed by atoms with Gasteiger partial charge in [-0.25, -0.2) is 0 Å². The molecule has 112 valence electrons. The van der Waals surface area contributed by atoms with Gasteiger partial charge in [0.25, 0.3) is 0 Å². The maximum absolute atomic E-state index is 6.22. The van der Waals surface area contributed by atoms with Crippen molar-refractivity contribution in [3.63, 3.8) is 0 Å². The van der Waals surface area contributed by atoms with Crippen LogP contribution >= 0.6 is 0 Å². The van der Waals surface area contributed by atoms with Crippen LogP contribution in [0, 0.1) is 17.3 Å². The number of rotatable bonds is 4. The highest BCUT2D eigenvalue weighted by molar-refractivity contribution is 5.13. The quantitative estimate of drug-likeness (QED) is 0.901. The molecule has 1 aliphatic rings. The van der Waals surface area contributed by atoms with Gasteiger partial charge in [0.15, 0.2) is 0 Å². The summed E-state index contributed by atoms with van der Waals surface area (Å²) in [4.78, 5) is 0. The van der Waals surface area contributed by atoms with Crippen LogP contribution in [0.15, 0.2) is 30.3 Å². The highest BCUT2D eigenvalue weighted by atomic mass is 16.5. The number of hydrogen-bond acceptors (Lipinski definition) is 2. The first kappa shape index (κ1) is 15.5. The molecule has 1 aromatic rings. The standard InChI is InChI=1S/C18H29NO/c1-18(2,3)16-10-9-15(12-19)17(11-16)20-13-14-7-5-4-6-8-14/h4-8,15-17H,9-13,19H2,1-3H3. The molecule has 1 aromatic carbocycles. The van der Waals surface area contributed by atoms with Crippen molar-refractivity contribution in [3.05, 3.63) is 35.9 Å². The van der Waals surface area contributed by atoms with Crippen LogP contribution in [0.5, 0.6) is 0 Å². The van der Waals surface area contributed by atoms with E-state index in [0.717, 1.165) is 18.9 Å². The molecule has 3 atom stereocenters. The van der Waals surface area contributed by atoms with Crippen molar-refractivity contribution < 1.29 is 4.74 Å². The summed E-state index contributed by atoms with van der Waals surface area (Å²) in [6.07, 6.45) is 3.96. The Labute approximate surface area is 123 Å². The first-order chi connectivity index (χ1) is 9.50. The fourth-order valence-corrected chi connectivity index (χ4v) is 3.23. The van der Waals surface area contributed by atoms with Crippen LogP contribution < -0.4 is 5.73 Å². The minimum absolute atomic E-state index is 0.318. The molecule has 2 rings (SSSR count). The van der Waals surface area contributed by atoms with E-state index in [4.69, 9.17) is 10.5 Å². The van der Waals surface area contributed by atoms with Gasteiger partial charge in [0, 0.05) is 0 Å². The molecule has 0 saturated heterocycles. The summed E-state index contributed by atoms with van der Waals surface area (Å²) in [5.41, 5.74) is 7.56. The fourth-order valence-electron chi connectivity index (χ4n) is 3.23. The van der Waals surface area contributed by atoms with Gasteiger partial charge >= 0.3 is 0 Å². The van der Waals surface area contributed by atoms with Gasteiger partial charge in [-0.2, -0.15) is 0 Å². The monoisotopic (exact) mass is 275 g/mol. The number of nitrogens with two attached hydrogens (primary N) is 1. The highest BCUT2D eigenvalue weighted by Crippen LogP contribution is 2.40. The number of ether oxygens (including phenoxy) is 1. The Hall–Kier alpha value is -0.860. The molecule has 3 unspecified atom stereocenters. The normalized spacial score (nSPS) is 27.5. The van der Waals surface area contributed by atoms with E-state index in [9.17, 15) is 0 Å². The summed E-state index contributed by atoms with van der Waals surface area (Å²) >= 11 is 0. The van der Waals surface area contributed by atoms with Crippen LogP contribution in [0.1, 0.15) is 45.6 Å². The van der Waals surface area contributed by atoms with Crippen molar-refractivity contribution in [2.24, 2.45) is 23.0 Å². The van der Waals surface area contributed by atoms with Crippen molar-refractivity contribution in [2.75, 3.05) is 6.54 Å². The largest absolute Gasteiger partial charge is 0.373 e. The van der Waals surface area contributed by atoms with Crippen LogP contribution in [-0.4, -0.2) is 12.6 Å². The predicted molar refractivity (Wildman–Crippen MR) is 84.4 cm³/mol. The van der Waals surface area contributed by atoms with Gasteiger partial charge < -0.3 is 10.5 Å². The maximum Gasteiger partial charge on any atom is 0.0720 e. The van der Waals surface area contributed by atoms with Crippen molar-refractivity contribution in [2.45, 2.75) is 52.7 Å². The predicted octanol–water partition coefficient (Wildman–Crippen LogP) is 3.99. The first-order valence-corrected chi connectivity index (χ1v) is 7.86. The zero-order valence-electron chi connectivity index (χ0n) is 13.1. The summed E-state index contributed by atoms with van der Waals surface area (Å²) in [6, 6.07) is 10.4. The average molecular weight is 275 g/mol. The van der Waals surface area contributed by atoms with Crippen LogP contribution in [0.3, 0.4) is 0 Å². The molecule has 20 heavy (non-hydrogen) atoms. The van der Waals surface area contributed by atoms with E-state index in [1.165, 1.54) is 18.4 Å². The van der Waals surface area contributed by atoms with Gasteiger partial charge in [-0.3, -0.25) is 0 Å². The molecule has 2 heteroatoms. The molecule has 0 amide bonds. The molecule has 0 bridgehead atoms. The average Bonchev–Trinajstić information content (AvgIpc) is 2.45. The van der Waals surface area contributed by atoms with Gasteiger partial charge in [0.2, 0.25) is 0 Å². The molecular formula is C18H29NO. The van der Waals surface area contributed by atoms with Gasteiger partial charge in [0.1, 0.15) is 0 Å². The summed E-state index contributed by atoms with van der Waals surface area (Å²) < 4.78 is 6.22. The van der Waals surface area contributed by atoms with Crippen LogP contribution in [-0.2, 0) is 11.3 Å². The zero-order chi connectivity index (χ0) is 14.6. The summed E-state index contributed by atoms with van der Waals surface area (Å²) in [7, 11) is 0. The van der Waals surface area contributed by atoms with Crippen molar-refractivity contribution >= 4 is 0 Å². The fraction of sp³-hybridized carbons (Fsp3) is 0.667. The van der Waals surface area contributed by atoms with E-state index in [2.05, 4.69) is 45.0 Å². The number of benzene rings is 1. The molecule has 2 nitrogen and oxygen atoms in total. The van der Waals surface area contributed by atoms with Crippen molar-refractivity contribution in [1.82, 2.24) is 0 Å². The van der Waals surface area contributed by atoms with E-state index in [-0.39, 0.29) is 0 Å². The summed E-state index contributed by atoms with van der Waals surface area (Å²) in [5.74, 6) is 1.27. The molecule has 0 aromatic heterocycles. The third kappa shape index (κ3) is 4.07. The van der Waals surface area contributed by atoms with Crippen molar-refractivity contribution in [1.29, 1.82) is 0 Å². The lowest BCUT2D eigenvalue weighted by molar-refractivity contribution is -0.0489. The van der Waals surface area contributed by atoms with E-state index < -0.39 is 0 Å². The molecule has 2 N–H and O–H groups in total.